The lowest BCUT2D eigenvalue weighted by Crippen LogP contribution is -2.52. The van der Waals surface area contributed by atoms with Crippen molar-refractivity contribution in [3.8, 4) is 0 Å². The fourth-order valence-corrected chi connectivity index (χ4v) is 3.36. The molecule has 1 saturated heterocycles. The molecule has 2 aliphatic rings. The Morgan fingerprint density at radius 1 is 1.10 bits per heavy atom. The average molecular weight is 297 g/mol. The zero-order valence-corrected chi connectivity index (χ0v) is 12.8. The van der Waals surface area contributed by atoms with Crippen molar-refractivity contribution >= 4 is 12.0 Å². The minimum Gasteiger partial charge on any atom is -0.481 e. The molecular formula is C15H27N3O3. The summed E-state index contributed by atoms with van der Waals surface area (Å²) in [6.07, 6.45) is 5.01. The van der Waals surface area contributed by atoms with E-state index < -0.39 is 5.97 Å². The molecule has 0 aromatic heterocycles. The number of aliphatic carboxylic acids is 1. The molecule has 1 heterocycles. The van der Waals surface area contributed by atoms with Crippen LogP contribution in [0.3, 0.4) is 0 Å². The van der Waals surface area contributed by atoms with E-state index in [9.17, 15) is 9.59 Å². The van der Waals surface area contributed by atoms with Crippen LogP contribution in [0.4, 0.5) is 4.79 Å². The van der Waals surface area contributed by atoms with Crippen LogP contribution in [-0.2, 0) is 4.79 Å². The molecule has 2 rings (SSSR count). The first-order chi connectivity index (χ1) is 10.1. The number of carbonyl (C=O) groups excluding carboxylic acids is 1. The zero-order chi connectivity index (χ0) is 15.2. The fraction of sp³-hybridized carbons (Fsp3) is 0.867. The Labute approximate surface area is 126 Å². The standard InChI is InChI=1S/C15H27N3O3/c1-2-18-9-3-4-13(10-18)17-15(21)16-12-7-5-11(6-8-12)14(19)20/h11-13H,2-10H2,1H3,(H,19,20)(H2,16,17,21). The lowest BCUT2D eigenvalue weighted by atomic mass is 9.86. The Balaban J connectivity index is 1.69. The summed E-state index contributed by atoms with van der Waals surface area (Å²) in [5.41, 5.74) is 0. The molecule has 1 unspecified atom stereocenters. The summed E-state index contributed by atoms with van der Waals surface area (Å²) in [5.74, 6) is -0.942. The van der Waals surface area contributed by atoms with E-state index in [4.69, 9.17) is 5.11 Å². The third-order valence-electron chi connectivity index (χ3n) is 4.70. The summed E-state index contributed by atoms with van der Waals surface area (Å²) in [7, 11) is 0. The number of piperidine rings is 1. The van der Waals surface area contributed by atoms with Gasteiger partial charge in [-0.15, -0.1) is 0 Å². The van der Waals surface area contributed by atoms with Crippen LogP contribution in [0.2, 0.25) is 0 Å². The molecule has 0 aromatic carbocycles. The molecule has 1 aliphatic heterocycles. The molecule has 3 N–H and O–H groups in total. The van der Waals surface area contributed by atoms with E-state index in [-0.39, 0.29) is 24.0 Å². The molecule has 120 valence electrons. The van der Waals surface area contributed by atoms with Gasteiger partial charge in [-0.05, 0) is 51.6 Å². The topological polar surface area (TPSA) is 81.7 Å². The average Bonchev–Trinajstić information content (AvgIpc) is 2.47. The van der Waals surface area contributed by atoms with Crippen molar-refractivity contribution in [3.63, 3.8) is 0 Å². The number of amides is 2. The fourth-order valence-electron chi connectivity index (χ4n) is 3.36. The van der Waals surface area contributed by atoms with Gasteiger partial charge in [0.25, 0.3) is 0 Å². The smallest absolute Gasteiger partial charge is 0.315 e. The molecule has 21 heavy (non-hydrogen) atoms. The second-order valence-corrected chi connectivity index (χ2v) is 6.24. The lowest BCUT2D eigenvalue weighted by Gasteiger charge is -2.33. The van der Waals surface area contributed by atoms with Gasteiger partial charge in [-0.2, -0.15) is 0 Å². The van der Waals surface area contributed by atoms with Gasteiger partial charge in [0.15, 0.2) is 0 Å². The molecule has 0 radical (unpaired) electrons. The second-order valence-electron chi connectivity index (χ2n) is 6.24. The van der Waals surface area contributed by atoms with Crippen LogP contribution in [0, 0.1) is 5.92 Å². The molecule has 0 aromatic rings. The molecule has 2 amide bonds. The van der Waals surface area contributed by atoms with Gasteiger partial charge in [-0.25, -0.2) is 4.79 Å². The van der Waals surface area contributed by atoms with Crippen LogP contribution in [0.15, 0.2) is 0 Å². The van der Waals surface area contributed by atoms with Gasteiger partial charge in [0.2, 0.25) is 0 Å². The number of carboxylic acids is 1. The molecule has 1 aliphatic carbocycles. The summed E-state index contributed by atoms with van der Waals surface area (Å²) >= 11 is 0. The maximum atomic E-state index is 12.0. The van der Waals surface area contributed by atoms with Crippen LogP contribution < -0.4 is 10.6 Å². The van der Waals surface area contributed by atoms with E-state index in [1.54, 1.807) is 0 Å². The molecule has 0 spiro atoms. The predicted octanol–water partition coefficient (Wildman–Crippen LogP) is 1.41. The quantitative estimate of drug-likeness (QED) is 0.733. The molecular weight excluding hydrogens is 270 g/mol. The first kappa shape index (κ1) is 16.1. The number of likely N-dealkylation sites (N-methyl/N-ethyl adjacent to an activating group) is 1. The van der Waals surface area contributed by atoms with Crippen molar-refractivity contribution < 1.29 is 14.7 Å². The van der Waals surface area contributed by atoms with Gasteiger partial charge in [0.05, 0.1) is 5.92 Å². The van der Waals surface area contributed by atoms with Crippen LogP contribution in [0.5, 0.6) is 0 Å². The zero-order valence-electron chi connectivity index (χ0n) is 12.8. The molecule has 6 heteroatoms. The highest BCUT2D eigenvalue weighted by Gasteiger charge is 2.27. The lowest BCUT2D eigenvalue weighted by molar-refractivity contribution is -0.142. The number of carboxylic acid groups (broad SMARTS) is 1. The van der Waals surface area contributed by atoms with Crippen LogP contribution >= 0.6 is 0 Å². The van der Waals surface area contributed by atoms with Crippen molar-refractivity contribution in [2.75, 3.05) is 19.6 Å². The van der Waals surface area contributed by atoms with Gasteiger partial charge < -0.3 is 20.6 Å². The number of likely N-dealkylation sites (tertiary alicyclic amines) is 1. The Morgan fingerprint density at radius 2 is 1.76 bits per heavy atom. The Bertz CT molecular complexity index is 367. The van der Waals surface area contributed by atoms with E-state index in [2.05, 4.69) is 22.5 Å². The van der Waals surface area contributed by atoms with Gasteiger partial charge in [-0.3, -0.25) is 4.79 Å². The maximum absolute atomic E-state index is 12.0. The van der Waals surface area contributed by atoms with Crippen molar-refractivity contribution in [3.05, 3.63) is 0 Å². The molecule has 1 saturated carbocycles. The molecule has 6 nitrogen and oxygen atoms in total. The number of carbonyl (C=O) groups is 2. The predicted molar refractivity (Wildman–Crippen MR) is 80.2 cm³/mol. The number of hydrogen-bond donors (Lipinski definition) is 3. The summed E-state index contributed by atoms with van der Waals surface area (Å²) in [4.78, 5) is 25.3. The van der Waals surface area contributed by atoms with E-state index in [1.807, 2.05) is 0 Å². The van der Waals surface area contributed by atoms with Gasteiger partial charge in [-0.1, -0.05) is 6.92 Å². The Kier molecular flexibility index (Phi) is 5.85. The number of urea groups is 1. The van der Waals surface area contributed by atoms with Gasteiger partial charge >= 0.3 is 12.0 Å². The van der Waals surface area contributed by atoms with Gasteiger partial charge in [0.1, 0.15) is 0 Å². The number of hydrogen-bond acceptors (Lipinski definition) is 3. The van der Waals surface area contributed by atoms with Crippen molar-refractivity contribution in [2.45, 2.75) is 57.5 Å². The second kappa shape index (κ2) is 7.64. The normalized spacial score (nSPS) is 30.6. The van der Waals surface area contributed by atoms with E-state index >= 15 is 0 Å². The minimum absolute atomic E-state index is 0.100. The SMILES string of the molecule is CCN1CCCC(NC(=O)NC2CCC(C(=O)O)CC2)C1. The Morgan fingerprint density at radius 3 is 2.38 bits per heavy atom. The third kappa shape index (κ3) is 4.88. The molecule has 2 fully saturated rings. The van der Waals surface area contributed by atoms with Crippen LogP contribution in [0.1, 0.15) is 45.4 Å². The number of nitrogens with zero attached hydrogens (tertiary/aromatic N) is 1. The first-order valence-corrected chi connectivity index (χ1v) is 8.10. The van der Waals surface area contributed by atoms with Crippen molar-refractivity contribution in [2.24, 2.45) is 5.92 Å². The summed E-state index contributed by atoms with van der Waals surface area (Å²) in [5, 5.41) is 15.0. The maximum Gasteiger partial charge on any atom is 0.315 e. The van der Waals surface area contributed by atoms with E-state index in [0.29, 0.717) is 12.8 Å². The van der Waals surface area contributed by atoms with E-state index in [1.165, 1.54) is 0 Å². The summed E-state index contributed by atoms with van der Waals surface area (Å²) in [6, 6.07) is 0.247. The van der Waals surface area contributed by atoms with Gasteiger partial charge in [0, 0.05) is 18.6 Å². The first-order valence-electron chi connectivity index (χ1n) is 8.10. The van der Waals surface area contributed by atoms with Crippen LogP contribution in [-0.4, -0.2) is 53.7 Å². The Hall–Kier alpha value is -1.30. The van der Waals surface area contributed by atoms with E-state index in [0.717, 1.165) is 45.3 Å². The molecule has 1 atom stereocenters. The summed E-state index contributed by atoms with van der Waals surface area (Å²) < 4.78 is 0. The largest absolute Gasteiger partial charge is 0.481 e. The highest BCUT2D eigenvalue weighted by atomic mass is 16.4. The van der Waals surface area contributed by atoms with Crippen molar-refractivity contribution in [1.29, 1.82) is 0 Å². The minimum atomic E-state index is -0.709. The monoisotopic (exact) mass is 297 g/mol. The third-order valence-corrected chi connectivity index (χ3v) is 4.70. The number of nitrogens with one attached hydrogen (secondary N) is 2. The number of rotatable bonds is 4. The molecule has 0 bridgehead atoms. The van der Waals surface area contributed by atoms with Crippen molar-refractivity contribution in [1.82, 2.24) is 15.5 Å². The highest BCUT2D eigenvalue weighted by molar-refractivity contribution is 5.74. The van der Waals surface area contributed by atoms with Crippen LogP contribution in [0.25, 0.3) is 0 Å². The highest BCUT2D eigenvalue weighted by Crippen LogP contribution is 2.24. The summed E-state index contributed by atoms with van der Waals surface area (Å²) in [6.45, 7) is 5.22.